The molecule has 0 fully saturated rings. The maximum Gasteiger partial charge on any atom is 0.0294 e. The van der Waals surface area contributed by atoms with Crippen molar-refractivity contribution in [3.05, 3.63) is 194 Å². The zero-order valence-corrected chi connectivity index (χ0v) is 25.9. The first kappa shape index (κ1) is 27.4. The Bertz CT molecular complexity index is 2160. The maximum atomic E-state index is 2.50. The molecule has 0 nitrogen and oxygen atoms in total. The van der Waals surface area contributed by atoms with E-state index in [0.29, 0.717) is 0 Å². The Morgan fingerprint density at radius 3 is 1.91 bits per heavy atom. The van der Waals surface area contributed by atoms with Crippen LogP contribution in [0.25, 0.3) is 40.0 Å². The molecule has 6 aromatic carbocycles. The number of allylic oxidation sites excluding steroid dienone is 1. The van der Waals surface area contributed by atoms with Gasteiger partial charge in [-0.15, -0.1) is 0 Å². The van der Waals surface area contributed by atoms with Gasteiger partial charge in [-0.2, -0.15) is 0 Å². The lowest BCUT2D eigenvalue weighted by atomic mass is 9.80. The first-order chi connectivity index (χ1) is 22.2. The normalized spacial score (nSPS) is 14.0. The molecule has 0 heterocycles. The summed E-state index contributed by atoms with van der Waals surface area (Å²) in [7, 11) is 0. The maximum absolute atomic E-state index is 2.50. The van der Waals surface area contributed by atoms with E-state index in [1.165, 1.54) is 82.8 Å². The van der Waals surface area contributed by atoms with E-state index in [4.69, 9.17) is 0 Å². The summed E-state index contributed by atoms with van der Waals surface area (Å²) in [6.45, 7) is 4.58. The van der Waals surface area contributed by atoms with Crippen LogP contribution in [0.4, 0.5) is 0 Å². The average Bonchev–Trinajstić information content (AvgIpc) is 3.70. The highest BCUT2D eigenvalue weighted by atomic mass is 14.3. The van der Waals surface area contributed by atoms with E-state index in [0.717, 1.165) is 12.8 Å². The van der Waals surface area contributed by atoms with Crippen molar-refractivity contribution in [2.45, 2.75) is 32.6 Å². The molecular formula is C45H36. The van der Waals surface area contributed by atoms with Gasteiger partial charge in [0.15, 0.2) is 0 Å². The lowest BCUT2D eigenvalue weighted by molar-refractivity contribution is 0.969. The molecule has 6 aromatic rings. The Kier molecular flexibility index (Phi) is 6.92. The quantitative estimate of drug-likeness (QED) is 0.185. The van der Waals surface area contributed by atoms with Gasteiger partial charge in [0, 0.05) is 5.92 Å². The zero-order valence-electron chi connectivity index (χ0n) is 25.9. The molecule has 8 rings (SSSR count). The molecule has 0 N–H and O–H groups in total. The Hall–Kier alpha value is -5.20. The molecule has 2 aliphatic carbocycles. The van der Waals surface area contributed by atoms with Crippen molar-refractivity contribution >= 4 is 17.7 Å². The number of aryl methyl sites for hydroxylation is 1. The molecular weight excluding hydrogens is 540 g/mol. The van der Waals surface area contributed by atoms with E-state index in [2.05, 4.69) is 166 Å². The summed E-state index contributed by atoms with van der Waals surface area (Å²) in [6, 6.07) is 49.2. The lowest BCUT2D eigenvalue weighted by Gasteiger charge is -2.23. The van der Waals surface area contributed by atoms with Crippen molar-refractivity contribution in [1.82, 2.24) is 0 Å². The fourth-order valence-corrected chi connectivity index (χ4v) is 7.62. The van der Waals surface area contributed by atoms with Gasteiger partial charge in [-0.25, -0.2) is 0 Å². The van der Waals surface area contributed by atoms with Crippen molar-refractivity contribution in [3.63, 3.8) is 0 Å². The minimum atomic E-state index is 0.157. The Morgan fingerprint density at radius 1 is 0.556 bits per heavy atom. The SMILES string of the molecule is CCc1ccc2c(c1)C=c1c-2cc(=C(c2ccccc2)c2ccccc2)c(CC)c1C1C=Cc2cccc(-c3ccccc3)c21. The van der Waals surface area contributed by atoms with Gasteiger partial charge in [0.1, 0.15) is 0 Å². The van der Waals surface area contributed by atoms with Gasteiger partial charge in [-0.05, 0) is 108 Å². The summed E-state index contributed by atoms with van der Waals surface area (Å²) >= 11 is 0. The molecule has 0 aliphatic heterocycles. The van der Waals surface area contributed by atoms with E-state index in [9.17, 15) is 0 Å². The third-order valence-corrected chi connectivity index (χ3v) is 9.70. The van der Waals surface area contributed by atoms with Gasteiger partial charge in [0.25, 0.3) is 0 Å². The minimum absolute atomic E-state index is 0.157. The van der Waals surface area contributed by atoms with Crippen LogP contribution in [0, 0.1) is 0 Å². The number of fused-ring (bicyclic) bond motifs is 4. The predicted octanol–water partition coefficient (Wildman–Crippen LogP) is 9.69. The second kappa shape index (κ2) is 11.4. The van der Waals surface area contributed by atoms with Crippen molar-refractivity contribution in [2.75, 3.05) is 0 Å². The first-order valence-corrected chi connectivity index (χ1v) is 16.3. The van der Waals surface area contributed by atoms with Crippen molar-refractivity contribution in [1.29, 1.82) is 0 Å². The fraction of sp³-hybridized carbons (Fsp3) is 0.111. The van der Waals surface area contributed by atoms with E-state index in [-0.39, 0.29) is 5.92 Å². The largest absolute Gasteiger partial charge is 0.0720 e. The van der Waals surface area contributed by atoms with Crippen LogP contribution in [-0.4, -0.2) is 0 Å². The second-order valence-electron chi connectivity index (χ2n) is 12.2. The third-order valence-electron chi connectivity index (χ3n) is 9.70. The van der Waals surface area contributed by atoms with Crippen LogP contribution in [0.2, 0.25) is 0 Å². The van der Waals surface area contributed by atoms with Crippen LogP contribution in [0.5, 0.6) is 0 Å². The molecule has 0 spiro atoms. The topological polar surface area (TPSA) is 0 Å². The first-order valence-electron chi connectivity index (χ1n) is 16.3. The monoisotopic (exact) mass is 576 g/mol. The molecule has 0 amide bonds. The average molecular weight is 577 g/mol. The van der Waals surface area contributed by atoms with Crippen molar-refractivity contribution < 1.29 is 0 Å². The molecule has 0 heteroatoms. The van der Waals surface area contributed by atoms with Gasteiger partial charge in [0.05, 0.1) is 0 Å². The van der Waals surface area contributed by atoms with Gasteiger partial charge in [-0.1, -0.05) is 153 Å². The van der Waals surface area contributed by atoms with Crippen LogP contribution >= 0.6 is 0 Å². The zero-order chi connectivity index (χ0) is 30.3. The van der Waals surface area contributed by atoms with Gasteiger partial charge in [-0.3, -0.25) is 0 Å². The molecule has 0 bridgehead atoms. The molecule has 0 aromatic heterocycles. The summed E-state index contributed by atoms with van der Waals surface area (Å²) in [6.07, 6.45) is 9.26. The summed E-state index contributed by atoms with van der Waals surface area (Å²) < 4.78 is 0. The number of rotatable bonds is 6. The summed E-state index contributed by atoms with van der Waals surface area (Å²) in [5.41, 5.74) is 17.4. The van der Waals surface area contributed by atoms with Crippen LogP contribution in [0.15, 0.2) is 140 Å². The Morgan fingerprint density at radius 2 is 1.24 bits per heavy atom. The molecule has 1 atom stereocenters. The Labute approximate surface area is 266 Å². The smallest absolute Gasteiger partial charge is 0.0294 e. The Balaban J connectivity index is 1.52. The second-order valence-corrected chi connectivity index (χ2v) is 12.2. The van der Waals surface area contributed by atoms with Crippen molar-refractivity contribution in [3.8, 4) is 22.3 Å². The summed E-state index contributed by atoms with van der Waals surface area (Å²) in [4.78, 5) is 0. The van der Waals surface area contributed by atoms with Crippen LogP contribution in [0.1, 0.15) is 64.3 Å². The highest BCUT2D eigenvalue weighted by molar-refractivity contribution is 5.88. The molecule has 0 saturated heterocycles. The fourth-order valence-electron chi connectivity index (χ4n) is 7.62. The van der Waals surface area contributed by atoms with Crippen LogP contribution in [-0.2, 0) is 12.8 Å². The number of hydrogen-bond donors (Lipinski definition) is 0. The van der Waals surface area contributed by atoms with E-state index in [1.807, 2.05) is 0 Å². The van der Waals surface area contributed by atoms with Gasteiger partial charge in [0.2, 0.25) is 0 Å². The van der Waals surface area contributed by atoms with E-state index < -0.39 is 0 Å². The molecule has 0 saturated carbocycles. The van der Waals surface area contributed by atoms with Crippen molar-refractivity contribution in [2.24, 2.45) is 0 Å². The summed E-state index contributed by atoms with van der Waals surface area (Å²) in [5, 5.41) is 2.72. The molecule has 0 radical (unpaired) electrons. The van der Waals surface area contributed by atoms with Gasteiger partial charge < -0.3 is 0 Å². The highest BCUT2D eigenvalue weighted by Gasteiger charge is 2.29. The number of benzene rings is 6. The van der Waals surface area contributed by atoms with Gasteiger partial charge >= 0.3 is 0 Å². The van der Waals surface area contributed by atoms with E-state index in [1.54, 1.807) is 0 Å². The number of hydrogen-bond acceptors (Lipinski definition) is 0. The van der Waals surface area contributed by atoms with E-state index >= 15 is 0 Å². The third kappa shape index (κ3) is 4.61. The van der Waals surface area contributed by atoms with Crippen LogP contribution in [0.3, 0.4) is 0 Å². The highest BCUT2D eigenvalue weighted by Crippen LogP contribution is 2.43. The molecule has 45 heavy (non-hydrogen) atoms. The minimum Gasteiger partial charge on any atom is -0.0720 e. The molecule has 216 valence electrons. The molecule has 1 unspecified atom stereocenters. The predicted molar refractivity (Wildman–Crippen MR) is 191 cm³/mol. The summed E-state index contributed by atoms with van der Waals surface area (Å²) in [5.74, 6) is 0.157. The standard InChI is InChI=1S/C45H36/c1-3-30-23-25-37-35(27-30)28-41-40(37)29-42(43(32-17-10-6-11-18-32)33-19-12-7-13-20-33)36(4-2)45(41)39-26-24-34-21-14-22-38(44(34)39)31-15-8-5-9-16-31/h5-29,39H,3-4H2,1-2H3. The molecule has 2 aliphatic rings. The lowest BCUT2D eigenvalue weighted by Crippen LogP contribution is -2.27. The van der Waals surface area contributed by atoms with Crippen LogP contribution < -0.4 is 10.4 Å².